The molecule has 0 bridgehead atoms. The molecule has 6 heteroatoms. The molecule has 6 nitrogen and oxygen atoms in total. The Morgan fingerprint density at radius 1 is 1.16 bits per heavy atom. The van der Waals surface area contributed by atoms with Gasteiger partial charge >= 0.3 is 5.69 Å². The minimum atomic E-state index is -0.527. The summed E-state index contributed by atoms with van der Waals surface area (Å²) in [6, 6.07) is 10.5. The number of anilines is 1. The average molecular weight is 254 g/mol. The number of pyridine rings is 1. The molecule has 0 saturated carbocycles. The van der Waals surface area contributed by atoms with E-state index in [1.165, 1.54) is 16.8 Å². The zero-order chi connectivity index (χ0) is 13.4. The first kappa shape index (κ1) is 11.2. The Hall–Kier alpha value is -2.89. The molecule has 3 N–H and O–H groups in total. The van der Waals surface area contributed by atoms with Crippen LogP contribution in [0.2, 0.25) is 0 Å². The summed E-state index contributed by atoms with van der Waals surface area (Å²) in [6.45, 7) is 0. The van der Waals surface area contributed by atoms with Crippen LogP contribution < -0.4 is 17.0 Å². The summed E-state index contributed by atoms with van der Waals surface area (Å²) in [7, 11) is 0. The molecule has 0 unspecified atom stereocenters. The molecule has 2 aromatic heterocycles. The van der Waals surface area contributed by atoms with Crippen molar-refractivity contribution in [2.75, 3.05) is 5.73 Å². The van der Waals surface area contributed by atoms with Crippen LogP contribution in [-0.2, 0) is 0 Å². The number of nitrogens with zero attached hydrogens (tertiary/aromatic N) is 2. The lowest BCUT2D eigenvalue weighted by atomic mass is 10.2. The summed E-state index contributed by atoms with van der Waals surface area (Å²) in [5.41, 5.74) is 5.88. The van der Waals surface area contributed by atoms with Crippen LogP contribution in [0.15, 0.2) is 52.2 Å². The number of aromatic amines is 1. The van der Waals surface area contributed by atoms with Gasteiger partial charge in [0.2, 0.25) is 0 Å². The van der Waals surface area contributed by atoms with Crippen LogP contribution in [0, 0.1) is 0 Å². The molecule has 0 amide bonds. The fourth-order valence-corrected chi connectivity index (χ4v) is 1.95. The molecule has 0 atom stereocenters. The van der Waals surface area contributed by atoms with Crippen molar-refractivity contribution >= 4 is 16.7 Å². The molecule has 1 aromatic carbocycles. The van der Waals surface area contributed by atoms with E-state index in [1.54, 1.807) is 24.3 Å². The molecule has 3 rings (SSSR count). The van der Waals surface area contributed by atoms with Gasteiger partial charge < -0.3 is 5.73 Å². The summed E-state index contributed by atoms with van der Waals surface area (Å²) in [6.07, 6.45) is 1.42. The maximum atomic E-state index is 12.0. The van der Waals surface area contributed by atoms with Gasteiger partial charge in [-0.15, -0.1) is 0 Å². The normalized spacial score (nSPS) is 10.7. The Morgan fingerprint density at radius 3 is 2.63 bits per heavy atom. The number of hydrogen-bond donors (Lipinski definition) is 2. The molecule has 19 heavy (non-hydrogen) atoms. The summed E-state index contributed by atoms with van der Waals surface area (Å²) >= 11 is 0. The Bertz CT molecular complexity index is 865. The highest BCUT2D eigenvalue weighted by Crippen LogP contribution is 2.13. The third-order valence-corrected chi connectivity index (χ3v) is 2.78. The van der Waals surface area contributed by atoms with Gasteiger partial charge in [-0.25, -0.2) is 14.3 Å². The van der Waals surface area contributed by atoms with Crippen LogP contribution in [0.25, 0.3) is 16.7 Å². The van der Waals surface area contributed by atoms with Crippen LogP contribution in [-0.4, -0.2) is 14.5 Å². The number of nitrogen functional groups attached to an aromatic ring is 1. The Morgan fingerprint density at radius 2 is 1.89 bits per heavy atom. The van der Waals surface area contributed by atoms with Gasteiger partial charge in [0.05, 0.1) is 23.0 Å². The van der Waals surface area contributed by atoms with E-state index in [1.807, 2.05) is 6.07 Å². The van der Waals surface area contributed by atoms with E-state index in [9.17, 15) is 9.59 Å². The van der Waals surface area contributed by atoms with Crippen LogP contribution in [0.3, 0.4) is 0 Å². The van der Waals surface area contributed by atoms with Gasteiger partial charge in [-0.05, 0) is 18.2 Å². The molecule has 94 valence electrons. The number of nitrogens with two attached hydrogens (primary N) is 1. The Labute approximate surface area is 107 Å². The molecule has 0 fully saturated rings. The predicted octanol–water partition coefficient (Wildman–Crippen LogP) is 0.656. The SMILES string of the molecule is Nc1cnc2c(c1)c(=O)[nH]c(=O)n2-c1ccccc1. The molecule has 0 aliphatic rings. The zero-order valence-corrected chi connectivity index (χ0v) is 9.83. The number of nitrogens with one attached hydrogen (secondary N) is 1. The number of fused-ring (bicyclic) bond motifs is 1. The van der Waals surface area contributed by atoms with Gasteiger partial charge in [0.25, 0.3) is 5.56 Å². The van der Waals surface area contributed by atoms with Crippen molar-refractivity contribution in [1.82, 2.24) is 14.5 Å². The third-order valence-electron chi connectivity index (χ3n) is 2.78. The topological polar surface area (TPSA) is 93.8 Å². The highest BCUT2D eigenvalue weighted by molar-refractivity contribution is 5.78. The molecule has 0 aliphatic heterocycles. The van der Waals surface area contributed by atoms with Crippen molar-refractivity contribution in [3.05, 3.63) is 63.4 Å². The number of hydrogen-bond acceptors (Lipinski definition) is 4. The Balaban J connectivity index is 2.49. The van der Waals surface area contributed by atoms with Crippen molar-refractivity contribution in [2.24, 2.45) is 0 Å². The molecule has 0 spiro atoms. The predicted molar refractivity (Wildman–Crippen MR) is 72.4 cm³/mol. The third kappa shape index (κ3) is 1.79. The fraction of sp³-hybridized carbons (Fsp3) is 0. The average Bonchev–Trinajstić information content (AvgIpc) is 2.41. The van der Waals surface area contributed by atoms with Crippen molar-refractivity contribution < 1.29 is 0 Å². The van der Waals surface area contributed by atoms with Crippen LogP contribution in [0.4, 0.5) is 5.69 Å². The molecule has 0 aliphatic carbocycles. The number of para-hydroxylation sites is 1. The minimum Gasteiger partial charge on any atom is -0.397 e. The lowest BCUT2D eigenvalue weighted by Crippen LogP contribution is -2.29. The maximum Gasteiger partial charge on any atom is 0.334 e. The monoisotopic (exact) mass is 254 g/mol. The van der Waals surface area contributed by atoms with E-state index in [2.05, 4.69) is 9.97 Å². The minimum absolute atomic E-state index is 0.281. The smallest absolute Gasteiger partial charge is 0.334 e. The van der Waals surface area contributed by atoms with Gasteiger partial charge in [-0.1, -0.05) is 18.2 Å². The van der Waals surface area contributed by atoms with E-state index < -0.39 is 11.2 Å². The van der Waals surface area contributed by atoms with E-state index in [4.69, 9.17) is 5.73 Å². The van der Waals surface area contributed by atoms with Gasteiger partial charge in [-0.3, -0.25) is 9.78 Å². The van der Waals surface area contributed by atoms with Gasteiger partial charge in [0.1, 0.15) is 0 Å². The zero-order valence-electron chi connectivity index (χ0n) is 9.83. The van der Waals surface area contributed by atoms with E-state index in [0.717, 1.165) is 0 Å². The first-order chi connectivity index (χ1) is 9.16. The molecular weight excluding hydrogens is 244 g/mol. The second kappa shape index (κ2) is 4.09. The van der Waals surface area contributed by atoms with Crippen molar-refractivity contribution in [1.29, 1.82) is 0 Å². The number of benzene rings is 1. The van der Waals surface area contributed by atoms with E-state index in [0.29, 0.717) is 11.4 Å². The largest absolute Gasteiger partial charge is 0.397 e. The lowest BCUT2D eigenvalue weighted by Gasteiger charge is -2.08. The quantitative estimate of drug-likeness (QED) is 0.667. The van der Waals surface area contributed by atoms with Gasteiger partial charge in [0.15, 0.2) is 5.65 Å². The molecule has 2 heterocycles. The van der Waals surface area contributed by atoms with E-state index >= 15 is 0 Å². The second-order valence-corrected chi connectivity index (χ2v) is 4.07. The highest BCUT2D eigenvalue weighted by atomic mass is 16.2. The lowest BCUT2D eigenvalue weighted by molar-refractivity contribution is 0.926. The molecule has 0 saturated heterocycles. The first-order valence-electron chi connectivity index (χ1n) is 5.63. The molecule has 3 aromatic rings. The van der Waals surface area contributed by atoms with Crippen molar-refractivity contribution in [2.45, 2.75) is 0 Å². The second-order valence-electron chi connectivity index (χ2n) is 4.07. The summed E-state index contributed by atoms with van der Waals surface area (Å²) in [5, 5.41) is 0.281. The fourth-order valence-electron chi connectivity index (χ4n) is 1.95. The van der Waals surface area contributed by atoms with E-state index in [-0.39, 0.29) is 11.0 Å². The highest BCUT2D eigenvalue weighted by Gasteiger charge is 2.10. The van der Waals surface area contributed by atoms with Crippen LogP contribution in [0.1, 0.15) is 0 Å². The molecule has 0 radical (unpaired) electrons. The van der Waals surface area contributed by atoms with Crippen molar-refractivity contribution in [3.63, 3.8) is 0 Å². The molecular formula is C13H10N4O2. The van der Waals surface area contributed by atoms with Crippen molar-refractivity contribution in [3.8, 4) is 5.69 Å². The summed E-state index contributed by atoms with van der Waals surface area (Å²) in [4.78, 5) is 30.1. The van der Waals surface area contributed by atoms with Gasteiger partial charge in [0, 0.05) is 0 Å². The Kier molecular flexibility index (Phi) is 2.42. The number of rotatable bonds is 1. The number of H-pyrrole nitrogens is 1. The summed E-state index contributed by atoms with van der Waals surface area (Å²) < 4.78 is 1.34. The first-order valence-corrected chi connectivity index (χ1v) is 5.63. The van der Waals surface area contributed by atoms with Crippen LogP contribution >= 0.6 is 0 Å². The van der Waals surface area contributed by atoms with Gasteiger partial charge in [-0.2, -0.15) is 0 Å². The number of aromatic nitrogens is 3. The standard InChI is InChI=1S/C13H10N4O2/c14-8-6-10-11(15-7-8)17(13(19)16-12(10)18)9-4-2-1-3-5-9/h1-7H,14H2,(H,16,18,19). The van der Waals surface area contributed by atoms with Crippen LogP contribution in [0.5, 0.6) is 0 Å². The maximum absolute atomic E-state index is 12.0. The summed E-state index contributed by atoms with van der Waals surface area (Å²) in [5.74, 6) is 0.